The maximum atomic E-state index is 10.5. The summed E-state index contributed by atoms with van der Waals surface area (Å²) in [6.07, 6.45) is 5.27. The predicted octanol–water partition coefficient (Wildman–Crippen LogP) is -1.04. The fourth-order valence-electron chi connectivity index (χ4n) is 0.826. The second-order valence-corrected chi connectivity index (χ2v) is 3.82. The molecular formula is C7H12N2O6S. The number of carboxylic acid groups (broad SMARTS) is 1. The van der Waals surface area contributed by atoms with Crippen LogP contribution in [0.4, 0.5) is 0 Å². The van der Waals surface area contributed by atoms with Crippen molar-refractivity contribution in [1.82, 2.24) is 4.57 Å². The Labute approximate surface area is 92.3 Å². The Balaban J connectivity index is 0.000000385. The van der Waals surface area contributed by atoms with Crippen LogP contribution in [0.5, 0.6) is 0 Å². The minimum absolute atomic E-state index is 0.490. The summed E-state index contributed by atoms with van der Waals surface area (Å²) in [4.78, 5) is 10.5. The molecule has 16 heavy (non-hydrogen) atoms. The molecule has 1 unspecified atom stereocenters. The van der Waals surface area contributed by atoms with E-state index in [1.54, 1.807) is 34.8 Å². The Bertz CT molecular complexity index is 443. The molecule has 8 nitrogen and oxygen atoms in total. The number of aryl methyl sites for hydroxylation is 1. The molecule has 0 bridgehead atoms. The van der Waals surface area contributed by atoms with Gasteiger partial charge in [0.25, 0.3) is 0 Å². The summed E-state index contributed by atoms with van der Waals surface area (Å²) < 4.78 is 36.3. The number of hydrogen-bond donors (Lipinski definition) is 2. The molecule has 0 fully saturated rings. The molecule has 0 aliphatic carbocycles. The molecule has 0 aliphatic rings. The molecule has 2 N–H and O–H groups in total. The first-order valence-corrected chi connectivity index (χ1v) is 5.41. The van der Waals surface area contributed by atoms with Gasteiger partial charge in [-0.15, -0.1) is 0 Å². The minimum atomic E-state index is -4.92. The molecule has 1 aromatic rings. The lowest BCUT2D eigenvalue weighted by Crippen LogP contribution is -2.40. The molecular weight excluding hydrogens is 240 g/mol. The second-order valence-electron chi connectivity index (χ2n) is 2.97. The maximum absolute atomic E-state index is 10.5. The number of aliphatic carboxylic acids is 1. The van der Waals surface area contributed by atoms with E-state index < -0.39 is 22.4 Å². The summed E-state index contributed by atoms with van der Waals surface area (Å²) in [6.45, 7) is 1.64. The van der Waals surface area contributed by atoms with Gasteiger partial charge in [-0.05, 0) is 6.92 Å². The number of aromatic nitrogens is 2. The van der Waals surface area contributed by atoms with Crippen LogP contribution in [0.3, 0.4) is 0 Å². The van der Waals surface area contributed by atoms with Crippen LogP contribution in [0.1, 0.15) is 13.0 Å². The van der Waals surface area contributed by atoms with Crippen molar-refractivity contribution < 1.29 is 32.0 Å². The Morgan fingerprint density at radius 1 is 1.56 bits per heavy atom. The van der Waals surface area contributed by atoms with Crippen LogP contribution in [-0.4, -0.2) is 33.2 Å². The van der Waals surface area contributed by atoms with Gasteiger partial charge in [0, 0.05) is 0 Å². The van der Waals surface area contributed by atoms with Crippen molar-refractivity contribution >= 4 is 16.4 Å². The quantitative estimate of drug-likeness (QED) is 0.393. The molecule has 0 aliphatic heterocycles. The van der Waals surface area contributed by atoms with Crippen LogP contribution >= 0.6 is 0 Å². The van der Waals surface area contributed by atoms with Crippen LogP contribution in [0.15, 0.2) is 18.7 Å². The summed E-state index contributed by atoms with van der Waals surface area (Å²) in [5, 5.41) is 8.61. The van der Waals surface area contributed by atoms with E-state index >= 15 is 0 Å². The lowest BCUT2D eigenvalue weighted by atomic mass is 10.3. The average Bonchev–Trinajstić information content (AvgIpc) is 2.47. The van der Waals surface area contributed by atoms with E-state index in [0.29, 0.717) is 0 Å². The van der Waals surface area contributed by atoms with Gasteiger partial charge in [0.1, 0.15) is 12.4 Å². The van der Waals surface area contributed by atoms with E-state index in [2.05, 4.69) is 0 Å². The van der Waals surface area contributed by atoms with Crippen molar-refractivity contribution in [1.29, 1.82) is 0 Å². The van der Waals surface area contributed by atoms with Gasteiger partial charge in [-0.2, -0.15) is 0 Å². The summed E-state index contributed by atoms with van der Waals surface area (Å²) in [7, 11) is -3.06. The predicted molar refractivity (Wildman–Crippen MR) is 50.3 cm³/mol. The van der Waals surface area contributed by atoms with Crippen LogP contribution < -0.4 is 4.57 Å². The summed E-state index contributed by atoms with van der Waals surface area (Å²) in [5.74, 6) is -0.818. The number of carbonyl (C=O) groups is 1. The van der Waals surface area contributed by atoms with Crippen molar-refractivity contribution in [3.05, 3.63) is 18.7 Å². The van der Waals surface area contributed by atoms with Crippen LogP contribution in [0.2, 0.25) is 0 Å². The Morgan fingerprint density at radius 3 is 2.25 bits per heavy atom. The molecule has 1 atom stereocenters. The fraction of sp³-hybridized carbons (Fsp3) is 0.429. The zero-order valence-corrected chi connectivity index (χ0v) is 9.46. The number of hydrogen-bond acceptors (Lipinski definition) is 4. The topological polar surface area (TPSA) is 124 Å². The molecule has 0 saturated carbocycles. The molecule has 0 amide bonds. The van der Waals surface area contributed by atoms with Gasteiger partial charge in [-0.1, -0.05) is 0 Å². The molecule has 1 rings (SSSR count). The first-order chi connectivity index (χ1) is 7.11. The number of rotatable bonds is 2. The van der Waals surface area contributed by atoms with Gasteiger partial charge >= 0.3 is 5.97 Å². The molecule has 0 spiro atoms. The fourth-order valence-corrected chi connectivity index (χ4v) is 0.826. The zero-order chi connectivity index (χ0) is 12.9. The van der Waals surface area contributed by atoms with Gasteiger partial charge in [0.15, 0.2) is 6.04 Å². The number of carboxylic acids is 1. The van der Waals surface area contributed by atoms with Crippen LogP contribution in [0.25, 0.3) is 0 Å². The summed E-state index contributed by atoms with van der Waals surface area (Å²) in [5.41, 5.74) is 0. The van der Waals surface area contributed by atoms with E-state index in [1.165, 1.54) is 0 Å². The highest BCUT2D eigenvalue weighted by Gasteiger charge is 2.17. The van der Waals surface area contributed by atoms with Gasteiger partial charge < -0.3 is 9.66 Å². The number of imidazole rings is 1. The monoisotopic (exact) mass is 252 g/mol. The van der Waals surface area contributed by atoms with Gasteiger partial charge in [-0.25, -0.2) is 22.3 Å². The molecule has 9 heteroatoms. The molecule has 0 radical (unpaired) electrons. The molecule has 92 valence electrons. The highest BCUT2D eigenvalue weighted by atomic mass is 32.3. The van der Waals surface area contributed by atoms with Crippen molar-refractivity contribution in [2.75, 3.05) is 0 Å². The van der Waals surface area contributed by atoms with Crippen molar-refractivity contribution in [3.8, 4) is 0 Å². The highest BCUT2D eigenvalue weighted by molar-refractivity contribution is 7.79. The highest BCUT2D eigenvalue weighted by Crippen LogP contribution is 1.92. The Kier molecular flexibility index (Phi) is 5.08. The minimum Gasteiger partial charge on any atom is -0.726 e. The number of nitrogens with zero attached hydrogens (tertiary/aromatic N) is 2. The lowest BCUT2D eigenvalue weighted by molar-refractivity contribution is -0.706. The largest absolute Gasteiger partial charge is 0.726 e. The summed E-state index contributed by atoms with van der Waals surface area (Å²) in [6, 6.07) is -0.490. The van der Waals surface area contributed by atoms with Crippen LogP contribution in [-0.2, 0) is 22.2 Å². The van der Waals surface area contributed by atoms with Gasteiger partial charge in [-0.3, -0.25) is 4.55 Å². The lowest BCUT2D eigenvalue weighted by Gasteiger charge is -1.98. The van der Waals surface area contributed by atoms with Crippen molar-refractivity contribution in [2.24, 2.45) is 7.05 Å². The SMILES string of the molecule is CC(C(=O)O)[n+]1ccn(C)c1.O=S(=O)([O-])O. The normalized spacial score (nSPS) is 12.5. The van der Waals surface area contributed by atoms with E-state index in [0.717, 1.165) is 0 Å². The average molecular weight is 252 g/mol. The molecule has 1 heterocycles. The third-order valence-electron chi connectivity index (χ3n) is 1.59. The van der Waals surface area contributed by atoms with E-state index in [-0.39, 0.29) is 0 Å². The summed E-state index contributed by atoms with van der Waals surface area (Å²) >= 11 is 0. The van der Waals surface area contributed by atoms with Crippen molar-refractivity contribution in [2.45, 2.75) is 13.0 Å². The van der Waals surface area contributed by atoms with Gasteiger partial charge in [0.05, 0.1) is 7.05 Å². The van der Waals surface area contributed by atoms with E-state index in [1.807, 2.05) is 7.05 Å². The molecule has 1 aromatic heterocycles. The van der Waals surface area contributed by atoms with Crippen molar-refractivity contribution in [3.63, 3.8) is 0 Å². The molecule has 0 aromatic carbocycles. The van der Waals surface area contributed by atoms with Gasteiger partial charge in [0.2, 0.25) is 16.7 Å². The van der Waals surface area contributed by atoms with Crippen LogP contribution in [0, 0.1) is 0 Å². The van der Waals surface area contributed by atoms with E-state index in [4.69, 9.17) is 22.6 Å². The smallest absolute Gasteiger partial charge is 0.349 e. The standard InChI is InChI=1S/C7H10N2O2.H2O4S/c1-6(7(10)11)9-4-3-8(2)5-9;1-5(2,3)4/h3-6H,1-2H3;(H2,1,2,3,4). The third-order valence-corrected chi connectivity index (χ3v) is 1.59. The third kappa shape index (κ3) is 6.92. The van der Waals surface area contributed by atoms with E-state index in [9.17, 15) is 4.79 Å². The molecule has 0 saturated heterocycles. The maximum Gasteiger partial charge on any atom is 0.349 e. The Hall–Kier alpha value is -1.45. The first kappa shape index (κ1) is 14.6. The zero-order valence-electron chi connectivity index (χ0n) is 8.64. The Morgan fingerprint density at radius 2 is 2.00 bits per heavy atom. The first-order valence-electron chi connectivity index (χ1n) is 4.05. The second kappa shape index (κ2) is 5.58.